The Kier molecular flexibility index (Phi) is 7.47. The fourth-order valence-electron chi connectivity index (χ4n) is 2.29. The number of methoxy groups -OCH3 is 2. The highest BCUT2D eigenvalue weighted by Gasteiger charge is 2.14. The van der Waals surface area contributed by atoms with Crippen LogP contribution < -0.4 is 14.8 Å². The van der Waals surface area contributed by atoms with E-state index in [4.69, 9.17) is 21.1 Å². The van der Waals surface area contributed by atoms with E-state index >= 15 is 0 Å². The Hall–Kier alpha value is -1.85. The van der Waals surface area contributed by atoms with Gasteiger partial charge in [0.1, 0.15) is 11.5 Å². The molecule has 1 amide bonds. The summed E-state index contributed by atoms with van der Waals surface area (Å²) in [6.45, 7) is 2.44. The second-order valence-electron chi connectivity index (χ2n) is 5.43. The standard InChI is InChI=1S/C19H22ClNO3S/c1-13(25-17-8-5-15(20)6-9-17)19(22)21-11-10-14-4-7-16(23-2)12-18(14)24-3/h4-9,12-13H,10-11H2,1-3H3,(H,21,22). The zero-order chi connectivity index (χ0) is 18.2. The molecule has 0 bridgehead atoms. The maximum Gasteiger partial charge on any atom is 0.233 e. The van der Waals surface area contributed by atoms with Crippen molar-refractivity contribution in [3.63, 3.8) is 0 Å². The Balaban J connectivity index is 1.84. The molecule has 1 N–H and O–H groups in total. The average Bonchev–Trinajstić information content (AvgIpc) is 2.63. The average molecular weight is 380 g/mol. The zero-order valence-corrected chi connectivity index (χ0v) is 16.1. The van der Waals surface area contributed by atoms with E-state index in [1.54, 1.807) is 14.2 Å². The lowest BCUT2D eigenvalue weighted by molar-refractivity contribution is -0.120. The van der Waals surface area contributed by atoms with Crippen molar-refractivity contribution in [2.45, 2.75) is 23.5 Å². The summed E-state index contributed by atoms with van der Waals surface area (Å²) in [5.74, 6) is 1.52. The molecule has 25 heavy (non-hydrogen) atoms. The molecule has 0 fully saturated rings. The maximum absolute atomic E-state index is 12.3. The monoisotopic (exact) mass is 379 g/mol. The van der Waals surface area contributed by atoms with Gasteiger partial charge in [0.25, 0.3) is 0 Å². The highest BCUT2D eigenvalue weighted by Crippen LogP contribution is 2.26. The summed E-state index contributed by atoms with van der Waals surface area (Å²) in [6, 6.07) is 13.2. The molecule has 0 aliphatic rings. The fraction of sp³-hybridized carbons (Fsp3) is 0.316. The van der Waals surface area contributed by atoms with Gasteiger partial charge in [0.2, 0.25) is 5.91 Å². The molecule has 2 rings (SSSR count). The Morgan fingerprint density at radius 3 is 2.52 bits per heavy atom. The minimum Gasteiger partial charge on any atom is -0.497 e. The number of ether oxygens (including phenoxy) is 2. The van der Waals surface area contributed by atoms with Gasteiger partial charge < -0.3 is 14.8 Å². The molecule has 2 aromatic rings. The molecule has 0 heterocycles. The molecular weight excluding hydrogens is 358 g/mol. The SMILES string of the molecule is COc1ccc(CCNC(=O)C(C)Sc2ccc(Cl)cc2)c(OC)c1. The van der Waals surface area contributed by atoms with Crippen LogP contribution in [0.15, 0.2) is 47.4 Å². The van der Waals surface area contributed by atoms with Gasteiger partial charge in [0.05, 0.1) is 19.5 Å². The van der Waals surface area contributed by atoms with Crippen molar-refractivity contribution >= 4 is 29.3 Å². The van der Waals surface area contributed by atoms with Crippen LogP contribution in [0.25, 0.3) is 0 Å². The van der Waals surface area contributed by atoms with E-state index in [9.17, 15) is 4.79 Å². The summed E-state index contributed by atoms with van der Waals surface area (Å²) < 4.78 is 10.6. The lowest BCUT2D eigenvalue weighted by atomic mass is 10.1. The van der Waals surface area contributed by atoms with Crippen molar-refractivity contribution in [1.82, 2.24) is 5.32 Å². The van der Waals surface area contributed by atoms with Gasteiger partial charge in [-0.3, -0.25) is 4.79 Å². The lowest BCUT2D eigenvalue weighted by Gasteiger charge is -2.13. The third-order valence-corrected chi connectivity index (χ3v) is 5.05. The van der Waals surface area contributed by atoms with Crippen LogP contribution in [0.1, 0.15) is 12.5 Å². The Bertz CT molecular complexity index is 706. The number of amides is 1. The quantitative estimate of drug-likeness (QED) is 0.698. The van der Waals surface area contributed by atoms with E-state index in [2.05, 4.69) is 5.32 Å². The molecule has 0 spiro atoms. The van der Waals surface area contributed by atoms with Gasteiger partial charge in [0, 0.05) is 22.5 Å². The summed E-state index contributed by atoms with van der Waals surface area (Å²) in [6.07, 6.45) is 0.692. The third kappa shape index (κ3) is 5.87. The minimum atomic E-state index is -0.182. The van der Waals surface area contributed by atoms with E-state index in [0.717, 1.165) is 22.0 Å². The highest BCUT2D eigenvalue weighted by molar-refractivity contribution is 8.00. The van der Waals surface area contributed by atoms with Crippen molar-refractivity contribution in [1.29, 1.82) is 0 Å². The van der Waals surface area contributed by atoms with Gasteiger partial charge in [-0.2, -0.15) is 0 Å². The Morgan fingerprint density at radius 2 is 1.88 bits per heavy atom. The van der Waals surface area contributed by atoms with Crippen molar-refractivity contribution in [2.75, 3.05) is 20.8 Å². The van der Waals surface area contributed by atoms with Crippen LogP contribution in [0.4, 0.5) is 0 Å². The first-order chi connectivity index (χ1) is 12.0. The van der Waals surface area contributed by atoms with Crippen LogP contribution in [-0.2, 0) is 11.2 Å². The summed E-state index contributed by atoms with van der Waals surface area (Å²) >= 11 is 7.38. The molecule has 0 radical (unpaired) electrons. The number of carbonyl (C=O) groups excluding carboxylic acids is 1. The van der Waals surface area contributed by atoms with Crippen molar-refractivity contribution < 1.29 is 14.3 Å². The predicted molar refractivity (Wildman–Crippen MR) is 103 cm³/mol. The summed E-state index contributed by atoms with van der Waals surface area (Å²) in [5, 5.41) is 3.48. The zero-order valence-electron chi connectivity index (χ0n) is 14.5. The molecule has 134 valence electrons. The van der Waals surface area contributed by atoms with Gasteiger partial charge in [0.15, 0.2) is 0 Å². The molecule has 0 aliphatic carbocycles. The third-order valence-electron chi connectivity index (χ3n) is 3.68. The number of rotatable bonds is 8. The summed E-state index contributed by atoms with van der Waals surface area (Å²) in [4.78, 5) is 13.3. The smallest absolute Gasteiger partial charge is 0.233 e. The molecule has 1 atom stereocenters. The normalized spacial score (nSPS) is 11.7. The largest absolute Gasteiger partial charge is 0.497 e. The van der Waals surface area contributed by atoms with E-state index in [1.807, 2.05) is 49.4 Å². The number of hydrogen-bond donors (Lipinski definition) is 1. The molecule has 1 unspecified atom stereocenters. The van der Waals surface area contributed by atoms with Crippen LogP contribution in [0.2, 0.25) is 5.02 Å². The van der Waals surface area contributed by atoms with Crippen molar-refractivity contribution in [3.8, 4) is 11.5 Å². The van der Waals surface area contributed by atoms with Gasteiger partial charge in [-0.05, 0) is 49.2 Å². The van der Waals surface area contributed by atoms with Crippen molar-refractivity contribution in [2.24, 2.45) is 0 Å². The summed E-state index contributed by atoms with van der Waals surface area (Å²) in [5.41, 5.74) is 1.03. The van der Waals surface area contributed by atoms with Gasteiger partial charge in [-0.25, -0.2) is 0 Å². The molecular formula is C19H22ClNO3S. The van der Waals surface area contributed by atoms with E-state index < -0.39 is 0 Å². The molecule has 6 heteroatoms. The van der Waals surface area contributed by atoms with E-state index in [-0.39, 0.29) is 11.2 Å². The van der Waals surface area contributed by atoms with E-state index in [1.165, 1.54) is 11.8 Å². The first kappa shape index (κ1) is 19.5. The topological polar surface area (TPSA) is 47.6 Å². The highest BCUT2D eigenvalue weighted by atomic mass is 35.5. The van der Waals surface area contributed by atoms with Crippen LogP contribution in [0.3, 0.4) is 0 Å². The summed E-state index contributed by atoms with van der Waals surface area (Å²) in [7, 11) is 3.25. The number of hydrogen-bond acceptors (Lipinski definition) is 4. The molecule has 0 aliphatic heterocycles. The number of benzene rings is 2. The first-order valence-electron chi connectivity index (χ1n) is 7.94. The predicted octanol–water partition coefficient (Wildman–Crippen LogP) is 4.20. The molecule has 0 saturated heterocycles. The fourth-order valence-corrected chi connectivity index (χ4v) is 3.31. The van der Waals surface area contributed by atoms with Crippen LogP contribution in [0.5, 0.6) is 11.5 Å². The first-order valence-corrected chi connectivity index (χ1v) is 9.20. The van der Waals surface area contributed by atoms with Crippen LogP contribution in [-0.4, -0.2) is 31.9 Å². The number of thioether (sulfide) groups is 1. The maximum atomic E-state index is 12.3. The van der Waals surface area contributed by atoms with Gasteiger partial charge >= 0.3 is 0 Å². The van der Waals surface area contributed by atoms with Gasteiger partial charge in [-0.15, -0.1) is 11.8 Å². The van der Waals surface area contributed by atoms with Crippen molar-refractivity contribution in [3.05, 3.63) is 53.1 Å². The van der Waals surface area contributed by atoms with Crippen LogP contribution in [0, 0.1) is 0 Å². The van der Waals surface area contributed by atoms with Gasteiger partial charge in [-0.1, -0.05) is 17.7 Å². The molecule has 0 saturated carbocycles. The lowest BCUT2D eigenvalue weighted by Crippen LogP contribution is -2.32. The number of carbonyl (C=O) groups is 1. The Morgan fingerprint density at radius 1 is 1.16 bits per heavy atom. The van der Waals surface area contributed by atoms with E-state index in [0.29, 0.717) is 18.0 Å². The molecule has 4 nitrogen and oxygen atoms in total. The Labute approximate surface area is 157 Å². The second kappa shape index (κ2) is 9.59. The number of halogens is 1. The molecule has 0 aromatic heterocycles. The second-order valence-corrected chi connectivity index (χ2v) is 7.28. The molecule has 2 aromatic carbocycles. The number of nitrogens with one attached hydrogen (secondary N) is 1. The van der Waals surface area contributed by atoms with Crippen LogP contribution >= 0.6 is 23.4 Å². The minimum absolute atomic E-state index is 0.00688.